The molecule has 5 heteroatoms. The van der Waals surface area contributed by atoms with Gasteiger partial charge in [0.15, 0.2) is 8.07 Å². The lowest BCUT2D eigenvalue weighted by atomic mass is 9.90. The van der Waals surface area contributed by atoms with Gasteiger partial charge in [-0.1, -0.05) is 112 Å². The molecule has 5 aromatic rings. The number of hydrogen-bond acceptors (Lipinski definition) is 4. The van der Waals surface area contributed by atoms with Crippen molar-refractivity contribution in [3.05, 3.63) is 151 Å². The molecule has 39 heavy (non-hydrogen) atoms. The molecule has 0 saturated heterocycles. The average Bonchev–Trinajstić information content (AvgIpc) is 3.33. The Morgan fingerprint density at radius 1 is 0.462 bits per heavy atom. The largest absolute Gasteiger partial charge is 0.244 e. The van der Waals surface area contributed by atoms with Crippen molar-refractivity contribution in [2.24, 2.45) is 0 Å². The van der Waals surface area contributed by atoms with Gasteiger partial charge in [0.05, 0.1) is 0 Å². The number of benzene rings is 3. The lowest BCUT2D eigenvalue weighted by Gasteiger charge is -2.45. The summed E-state index contributed by atoms with van der Waals surface area (Å²) in [4.78, 5) is 18.1. The normalized spacial score (nSPS) is 15.1. The van der Waals surface area contributed by atoms with E-state index in [1.54, 1.807) is 12.7 Å². The summed E-state index contributed by atoms with van der Waals surface area (Å²) < 4.78 is 0. The van der Waals surface area contributed by atoms with Crippen molar-refractivity contribution in [2.45, 2.75) is 25.8 Å². The summed E-state index contributed by atoms with van der Waals surface area (Å²) in [6, 6.07) is 32.6. The minimum absolute atomic E-state index is 0.138. The zero-order chi connectivity index (χ0) is 26.9. The van der Waals surface area contributed by atoms with Crippen LogP contribution in [-0.4, -0.2) is 28.0 Å². The molecule has 0 fully saturated rings. The van der Waals surface area contributed by atoms with Crippen molar-refractivity contribution in [3.8, 4) is 0 Å². The van der Waals surface area contributed by atoms with Crippen LogP contribution in [0.3, 0.4) is 0 Å². The fraction of sp³-hybridized carbons (Fsp3) is 0.118. The molecule has 1 aliphatic heterocycles. The lowest BCUT2D eigenvalue weighted by molar-refractivity contribution is 0.741. The van der Waals surface area contributed by atoms with E-state index in [0.29, 0.717) is 0 Å². The molecule has 0 amide bonds. The third-order valence-electron chi connectivity index (χ3n) is 7.66. The van der Waals surface area contributed by atoms with Crippen LogP contribution in [0.5, 0.6) is 0 Å². The van der Waals surface area contributed by atoms with E-state index >= 15 is 0 Å². The summed E-state index contributed by atoms with van der Waals surface area (Å²) in [5.41, 5.74) is 6.95. The van der Waals surface area contributed by atoms with Gasteiger partial charge in [-0.3, -0.25) is 0 Å². The maximum atomic E-state index is 4.53. The molecule has 0 radical (unpaired) electrons. The van der Waals surface area contributed by atoms with Crippen molar-refractivity contribution < 1.29 is 0 Å². The lowest BCUT2D eigenvalue weighted by Crippen LogP contribution is -2.56. The van der Waals surface area contributed by atoms with E-state index in [9.17, 15) is 0 Å². The standard InChI is InChI=1S/C34H30N4Si/c1-34(2,3)39(29-17-11-6-12-18-29)32(27-19-35-23-36-20-27)30(25-13-7-4-8-14-25)31(26-15-9-5-10-16-26)33(39)28-21-37-24-38-22-28/h4-24H,1-3H3. The van der Waals surface area contributed by atoms with Crippen molar-refractivity contribution in [3.63, 3.8) is 0 Å². The Morgan fingerprint density at radius 2 is 0.821 bits per heavy atom. The van der Waals surface area contributed by atoms with Gasteiger partial charge in [0, 0.05) is 35.9 Å². The second kappa shape index (κ2) is 10.0. The SMILES string of the molecule is CC(C)(C)[Si]1(c2ccccc2)C(c2cncnc2)=C(c2ccccc2)C(c2ccccc2)=C1c1cncnc1. The highest BCUT2D eigenvalue weighted by Gasteiger charge is 2.58. The van der Waals surface area contributed by atoms with Gasteiger partial charge in [0.25, 0.3) is 0 Å². The molecule has 2 aromatic heterocycles. The summed E-state index contributed by atoms with van der Waals surface area (Å²) in [5.74, 6) is 0. The van der Waals surface area contributed by atoms with E-state index in [-0.39, 0.29) is 5.04 Å². The molecular formula is C34H30N4Si. The van der Waals surface area contributed by atoms with Gasteiger partial charge in [-0.2, -0.15) is 0 Å². The summed E-state index contributed by atoms with van der Waals surface area (Å²) in [7, 11) is -2.84. The molecule has 1 aliphatic rings. The van der Waals surface area contributed by atoms with Crippen molar-refractivity contribution in [2.75, 3.05) is 0 Å². The molecule has 4 nitrogen and oxygen atoms in total. The van der Waals surface area contributed by atoms with Gasteiger partial charge < -0.3 is 0 Å². The van der Waals surface area contributed by atoms with Crippen molar-refractivity contribution in [1.29, 1.82) is 0 Å². The zero-order valence-electron chi connectivity index (χ0n) is 22.4. The van der Waals surface area contributed by atoms with Crippen LogP contribution in [0.25, 0.3) is 21.5 Å². The number of rotatable bonds is 5. The molecule has 190 valence electrons. The Bertz CT molecular complexity index is 1540. The maximum Gasteiger partial charge on any atom is 0.156 e. The Morgan fingerprint density at radius 3 is 1.18 bits per heavy atom. The second-order valence-electron chi connectivity index (χ2n) is 10.9. The molecular weight excluding hydrogens is 492 g/mol. The van der Waals surface area contributed by atoms with Gasteiger partial charge in [0.1, 0.15) is 12.7 Å². The first-order valence-corrected chi connectivity index (χ1v) is 15.2. The maximum absolute atomic E-state index is 4.53. The first-order chi connectivity index (χ1) is 19.0. The van der Waals surface area contributed by atoms with Crippen LogP contribution in [0, 0.1) is 0 Å². The van der Waals surface area contributed by atoms with Gasteiger partial charge >= 0.3 is 0 Å². The summed E-state index contributed by atoms with van der Waals surface area (Å²) >= 11 is 0. The first-order valence-electron chi connectivity index (χ1n) is 13.2. The zero-order valence-corrected chi connectivity index (χ0v) is 23.4. The van der Waals surface area contributed by atoms with Crippen molar-refractivity contribution >= 4 is 34.8 Å². The molecule has 3 aromatic carbocycles. The van der Waals surface area contributed by atoms with Crippen LogP contribution >= 0.6 is 0 Å². The van der Waals surface area contributed by atoms with Gasteiger partial charge in [-0.05, 0) is 42.9 Å². The first kappa shape index (κ1) is 24.8. The molecule has 0 atom stereocenters. The highest BCUT2D eigenvalue weighted by atomic mass is 28.3. The minimum Gasteiger partial charge on any atom is -0.244 e. The van der Waals surface area contributed by atoms with Crippen LogP contribution in [0.1, 0.15) is 43.0 Å². The molecule has 0 bridgehead atoms. The van der Waals surface area contributed by atoms with Crippen LogP contribution in [0.15, 0.2) is 128 Å². The molecule has 0 unspecified atom stereocenters. The molecule has 0 N–H and O–H groups in total. The van der Waals surface area contributed by atoms with Gasteiger partial charge in [0.2, 0.25) is 0 Å². The average molecular weight is 523 g/mol. The third kappa shape index (κ3) is 4.06. The van der Waals surface area contributed by atoms with E-state index in [1.807, 2.05) is 24.8 Å². The fourth-order valence-corrected chi connectivity index (χ4v) is 12.6. The number of nitrogens with zero attached hydrogens (tertiary/aromatic N) is 4. The number of aromatic nitrogens is 4. The Hall–Kier alpha value is -4.48. The minimum atomic E-state index is -2.84. The van der Waals surface area contributed by atoms with Crippen LogP contribution in [-0.2, 0) is 0 Å². The highest BCUT2D eigenvalue weighted by Crippen LogP contribution is 2.62. The summed E-state index contributed by atoms with van der Waals surface area (Å²) in [5, 5.41) is 3.85. The topological polar surface area (TPSA) is 51.6 Å². The fourth-order valence-electron chi connectivity index (χ4n) is 6.27. The Balaban J connectivity index is 1.91. The van der Waals surface area contributed by atoms with Crippen LogP contribution in [0.2, 0.25) is 5.04 Å². The molecule has 0 saturated carbocycles. The highest BCUT2D eigenvalue weighted by molar-refractivity contribution is 7.23. The van der Waals surface area contributed by atoms with E-state index in [2.05, 4.69) is 132 Å². The van der Waals surface area contributed by atoms with Crippen LogP contribution < -0.4 is 5.19 Å². The van der Waals surface area contributed by atoms with E-state index in [0.717, 1.165) is 11.1 Å². The molecule has 0 spiro atoms. The van der Waals surface area contributed by atoms with E-state index in [1.165, 1.54) is 37.9 Å². The molecule has 0 aliphatic carbocycles. The van der Waals surface area contributed by atoms with E-state index in [4.69, 9.17) is 0 Å². The smallest absolute Gasteiger partial charge is 0.156 e. The van der Waals surface area contributed by atoms with Gasteiger partial charge in [-0.25, -0.2) is 19.9 Å². The molecule has 6 rings (SSSR count). The van der Waals surface area contributed by atoms with Crippen molar-refractivity contribution in [1.82, 2.24) is 19.9 Å². The van der Waals surface area contributed by atoms with Gasteiger partial charge in [-0.15, -0.1) is 0 Å². The Kier molecular flexibility index (Phi) is 6.37. The number of hydrogen-bond donors (Lipinski definition) is 0. The quantitative estimate of drug-likeness (QED) is 0.232. The predicted molar refractivity (Wildman–Crippen MR) is 162 cm³/mol. The van der Waals surface area contributed by atoms with Crippen LogP contribution in [0.4, 0.5) is 0 Å². The van der Waals surface area contributed by atoms with E-state index < -0.39 is 8.07 Å². The monoisotopic (exact) mass is 522 g/mol. The Labute approximate surface area is 230 Å². The summed E-state index contributed by atoms with van der Waals surface area (Å²) in [6.07, 6.45) is 11.1. The molecule has 3 heterocycles. The third-order valence-corrected chi connectivity index (χ3v) is 13.7. The predicted octanol–water partition coefficient (Wildman–Crippen LogP) is 7.04. The summed E-state index contributed by atoms with van der Waals surface area (Å²) in [6.45, 7) is 7.16. The number of allylic oxidation sites excluding steroid dienone is 2. The second-order valence-corrected chi connectivity index (χ2v) is 15.4.